The van der Waals surface area contributed by atoms with Crippen LogP contribution in [0.2, 0.25) is 0 Å². The molecule has 94 valence electrons. The van der Waals surface area contributed by atoms with Gasteiger partial charge in [0.15, 0.2) is 0 Å². The zero-order chi connectivity index (χ0) is 13.2. The van der Waals surface area contributed by atoms with Gasteiger partial charge < -0.3 is 4.74 Å². The van der Waals surface area contributed by atoms with Crippen molar-refractivity contribution in [1.82, 2.24) is 0 Å². The lowest BCUT2D eigenvalue weighted by atomic mass is 10.1. The van der Waals surface area contributed by atoms with E-state index in [-0.39, 0.29) is 11.1 Å². The molecular weight excluding hydrogens is 307 g/mol. The molecule has 0 aliphatic rings. The number of halogens is 4. The molecule has 1 aromatic rings. The summed E-state index contributed by atoms with van der Waals surface area (Å²) < 4.78 is 42.6. The monoisotopic (exact) mass is 313 g/mol. The molecule has 0 saturated carbocycles. The Morgan fingerprint density at radius 2 is 2.06 bits per heavy atom. The molecule has 4 nitrogen and oxygen atoms in total. The molecule has 0 amide bonds. The molecule has 0 heterocycles. The van der Waals surface area contributed by atoms with Gasteiger partial charge in [-0.1, -0.05) is 0 Å². The van der Waals surface area contributed by atoms with E-state index >= 15 is 0 Å². The van der Waals surface area contributed by atoms with Gasteiger partial charge in [0.25, 0.3) is 5.69 Å². The quantitative estimate of drug-likeness (QED) is 0.630. The summed E-state index contributed by atoms with van der Waals surface area (Å²) in [5.41, 5.74) is -1.81. The van der Waals surface area contributed by atoms with Crippen molar-refractivity contribution in [3.05, 3.63) is 32.3 Å². The van der Waals surface area contributed by atoms with E-state index in [2.05, 4.69) is 15.9 Å². The lowest BCUT2D eigenvalue weighted by Gasteiger charge is -2.13. The summed E-state index contributed by atoms with van der Waals surface area (Å²) in [5.74, 6) is -0.433. The Kier molecular flexibility index (Phi) is 3.97. The van der Waals surface area contributed by atoms with Crippen LogP contribution < -0.4 is 4.74 Å². The second kappa shape index (κ2) is 4.91. The van der Waals surface area contributed by atoms with Crippen LogP contribution in [0.4, 0.5) is 18.9 Å². The molecule has 0 radical (unpaired) electrons. The van der Waals surface area contributed by atoms with Crippen molar-refractivity contribution >= 4 is 21.6 Å². The van der Waals surface area contributed by atoms with Crippen molar-refractivity contribution in [3.63, 3.8) is 0 Å². The lowest BCUT2D eigenvalue weighted by molar-refractivity contribution is -0.385. The number of alkyl halides is 3. The molecule has 0 saturated heterocycles. The van der Waals surface area contributed by atoms with Gasteiger partial charge in [0.2, 0.25) is 0 Å². The molecule has 1 rings (SSSR count). The number of rotatable bonds is 3. The summed E-state index contributed by atoms with van der Waals surface area (Å²) in [5, 5.41) is 10.5. The standard InChI is InChI=1S/C9H7BrF3NO3/c1-2-17-8-4-6(10)7(14(15)16)3-5(8)9(11,12)13/h3-4H,2H2,1H3. The first-order chi connectivity index (χ1) is 7.77. The highest BCUT2D eigenvalue weighted by molar-refractivity contribution is 9.10. The molecule has 0 fully saturated rings. The van der Waals surface area contributed by atoms with Crippen LogP contribution in [0.25, 0.3) is 0 Å². The van der Waals surface area contributed by atoms with Crippen LogP contribution in [0, 0.1) is 10.1 Å². The van der Waals surface area contributed by atoms with Crippen molar-refractivity contribution in [2.24, 2.45) is 0 Å². The Balaban J connectivity index is 3.42. The van der Waals surface area contributed by atoms with Crippen LogP contribution in [0.1, 0.15) is 12.5 Å². The van der Waals surface area contributed by atoms with Crippen molar-refractivity contribution in [2.75, 3.05) is 6.61 Å². The average molecular weight is 314 g/mol. The van der Waals surface area contributed by atoms with Crippen LogP contribution in [0.3, 0.4) is 0 Å². The van der Waals surface area contributed by atoms with Crippen molar-refractivity contribution in [2.45, 2.75) is 13.1 Å². The van der Waals surface area contributed by atoms with Gasteiger partial charge in [-0.05, 0) is 22.9 Å². The molecule has 0 aliphatic carbocycles. The third-order valence-corrected chi connectivity index (χ3v) is 2.49. The van der Waals surface area contributed by atoms with E-state index in [1.807, 2.05) is 0 Å². The van der Waals surface area contributed by atoms with Gasteiger partial charge in [-0.25, -0.2) is 0 Å². The summed E-state index contributed by atoms with van der Waals surface area (Å²) >= 11 is 2.83. The van der Waals surface area contributed by atoms with Gasteiger partial charge in [-0.3, -0.25) is 10.1 Å². The highest BCUT2D eigenvalue weighted by Crippen LogP contribution is 2.41. The lowest BCUT2D eigenvalue weighted by Crippen LogP contribution is -2.09. The highest BCUT2D eigenvalue weighted by Gasteiger charge is 2.37. The third kappa shape index (κ3) is 3.09. The zero-order valence-electron chi connectivity index (χ0n) is 8.55. The fourth-order valence-electron chi connectivity index (χ4n) is 1.18. The maximum absolute atomic E-state index is 12.6. The minimum absolute atomic E-state index is 0.0351. The van der Waals surface area contributed by atoms with Crippen LogP contribution >= 0.6 is 15.9 Å². The topological polar surface area (TPSA) is 52.4 Å². The first-order valence-corrected chi connectivity index (χ1v) is 5.24. The third-order valence-electron chi connectivity index (χ3n) is 1.85. The van der Waals surface area contributed by atoms with Gasteiger partial charge >= 0.3 is 6.18 Å². The van der Waals surface area contributed by atoms with Gasteiger partial charge in [0.05, 0.1) is 16.0 Å². The van der Waals surface area contributed by atoms with E-state index < -0.39 is 28.1 Å². The predicted octanol–water partition coefficient (Wildman–Crippen LogP) is 3.77. The van der Waals surface area contributed by atoms with E-state index in [9.17, 15) is 23.3 Å². The molecule has 17 heavy (non-hydrogen) atoms. The largest absolute Gasteiger partial charge is 0.493 e. The molecule has 0 spiro atoms. The van der Waals surface area contributed by atoms with Crippen LogP contribution in [0.5, 0.6) is 5.75 Å². The SMILES string of the molecule is CCOc1cc(Br)c([N+](=O)[O-])cc1C(F)(F)F. The second-order valence-electron chi connectivity index (χ2n) is 2.99. The maximum Gasteiger partial charge on any atom is 0.420 e. The summed E-state index contributed by atoms with van der Waals surface area (Å²) in [6, 6.07) is 1.40. The van der Waals surface area contributed by atoms with Gasteiger partial charge in [0, 0.05) is 12.1 Å². The van der Waals surface area contributed by atoms with Crippen LogP contribution in [-0.4, -0.2) is 11.5 Å². The Labute approximate surface area is 103 Å². The molecule has 0 atom stereocenters. The molecule has 0 N–H and O–H groups in total. The number of hydrogen-bond acceptors (Lipinski definition) is 3. The van der Waals surface area contributed by atoms with E-state index in [0.29, 0.717) is 6.07 Å². The predicted molar refractivity (Wildman–Crippen MR) is 57.0 cm³/mol. The summed E-state index contributed by atoms with van der Waals surface area (Å²) in [7, 11) is 0. The Bertz CT molecular complexity index is 448. The molecule has 0 aliphatic heterocycles. The zero-order valence-corrected chi connectivity index (χ0v) is 10.1. The van der Waals surface area contributed by atoms with E-state index in [0.717, 1.165) is 6.07 Å². The molecule has 8 heteroatoms. The molecular formula is C9H7BrF3NO3. The normalized spacial score (nSPS) is 11.4. The second-order valence-corrected chi connectivity index (χ2v) is 3.84. The summed E-state index contributed by atoms with van der Waals surface area (Å²) in [4.78, 5) is 9.64. The number of ether oxygens (including phenoxy) is 1. The molecule has 0 bridgehead atoms. The Morgan fingerprint density at radius 1 is 1.47 bits per heavy atom. The number of nitro groups is 1. The van der Waals surface area contributed by atoms with Gasteiger partial charge in [-0.15, -0.1) is 0 Å². The maximum atomic E-state index is 12.6. The van der Waals surface area contributed by atoms with Crippen molar-refractivity contribution in [1.29, 1.82) is 0 Å². The van der Waals surface area contributed by atoms with Gasteiger partial charge in [0.1, 0.15) is 11.3 Å². The number of benzene rings is 1. The summed E-state index contributed by atoms with van der Waals surface area (Å²) in [6.45, 7) is 1.56. The average Bonchev–Trinajstić information content (AvgIpc) is 2.15. The van der Waals surface area contributed by atoms with Crippen LogP contribution in [-0.2, 0) is 6.18 Å². The van der Waals surface area contributed by atoms with Gasteiger partial charge in [-0.2, -0.15) is 13.2 Å². The fourth-order valence-corrected chi connectivity index (χ4v) is 1.65. The van der Waals surface area contributed by atoms with E-state index in [4.69, 9.17) is 4.74 Å². The number of nitro benzene ring substituents is 1. The van der Waals surface area contributed by atoms with Crippen molar-refractivity contribution in [3.8, 4) is 5.75 Å². The smallest absolute Gasteiger partial charge is 0.420 e. The minimum Gasteiger partial charge on any atom is -0.493 e. The van der Waals surface area contributed by atoms with Crippen LogP contribution in [0.15, 0.2) is 16.6 Å². The Morgan fingerprint density at radius 3 is 2.47 bits per heavy atom. The number of hydrogen-bond donors (Lipinski definition) is 0. The Hall–Kier alpha value is -1.31. The number of nitrogens with zero attached hydrogens (tertiary/aromatic N) is 1. The minimum atomic E-state index is -4.70. The molecule has 1 aromatic carbocycles. The van der Waals surface area contributed by atoms with E-state index in [1.165, 1.54) is 6.92 Å². The first-order valence-electron chi connectivity index (χ1n) is 4.45. The fraction of sp³-hybridized carbons (Fsp3) is 0.333. The van der Waals surface area contributed by atoms with E-state index in [1.54, 1.807) is 0 Å². The first kappa shape index (κ1) is 13.8. The molecule has 0 unspecified atom stereocenters. The highest BCUT2D eigenvalue weighted by atomic mass is 79.9. The molecule has 0 aromatic heterocycles. The summed E-state index contributed by atoms with van der Waals surface area (Å²) in [6.07, 6.45) is -4.70. The van der Waals surface area contributed by atoms with Crippen molar-refractivity contribution < 1.29 is 22.8 Å².